The zero-order valence-electron chi connectivity index (χ0n) is 7.87. The fourth-order valence-electron chi connectivity index (χ4n) is 1.15. The van der Waals surface area contributed by atoms with E-state index < -0.39 is 0 Å². The Balaban J connectivity index is 3.56. The number of benzene rings is 1. The van der Waals surface area contributed by atoms with Gasteiger partial charge < -0.3 is 0 Å². The van der Waals surface area contributed by atoms with Crippen LogP contribution in [0.25, 0.3) is 0 Å². The van der Waals surface area contributed by atoms with E-state index in [4.69, 9.17) is 0 Å². The molecule has 1 rings (SSSR count). The van der Waals surface area contributed by atoms with Crippen LogP contribution in [0.4, 0.5) is 11.4 Å². The van der Waals surface area contributed by atoms with E-state index in [9.17, 15) is 0 Å². The molecule has 0 fully saturated rings. The summed E-state index contributed by atoms with van der Waals surface area (Å²) in [7, 11) is 0. The molecule has 0 bridgehead atoms. The third kappa shape index (κ3) is 2.19. The Morgan fingerprint density at radius 3 is 1.57 bits per heavy atom. The van der Waals surface area contributed by atoms with Crippen molar-refractivity contribution in [3.8, 4) is 0 Å². The predicted octanol–water partition coefficient (Wildman–Crippen LogP) is 3.77. The predicted molar refractivity (Wildman–Crippen MR) is 65.3 cm³/mol. The fraction of sp³-hybridized carbons (Fsp3) is 0.200. The lowest BCUT2D eigenvalue weighted by Crippen LogP contribution is -1.80. The van der Waals surface area contributed by atoms with Crippen LogP contribution in [-0.2, 0) is 0 Å². The van der Waals surface area contributed by atoms with Gasteiger partial charge in [-0.15, -0.1) is 0 Å². The van der Waals surface area contributed by atoms with Gasteiger partial charge in [-0.3, -0.25) is 0 Å². The Kier molecular flexibility index (Phi) is 3.81. The van der Waals surface area contributed by atoms with Crippen LogP contribution in [0.1, 0.15) is 11.1 Å². The molecule has 1 aromatic carbocycles. The highest BCUT2D eigenvalue weighted by molar-refractivity contribution is 7.78. The summed E-state index contributed by atoms with van der Waals surface area (Å²) in [6.45, 7) is 3.88. The van der Waals surface area contributed by atoms with Crippen LogP contribution in [-0.4, -0.2) is 10.3 Å². The molecule has 4 heteroatoms. The second-order valence-corrected chi connectivity index (χ2v) is 3.17. The molecule has 0 aliphatic carbocycles. The first kappa shape index (κ1) is 10.9. The molecule has 0 amide bonds. The van der Waals surface area contributed by atoms with Gasteiger partial charge in [-0.2, -0.15) is 9.98 Å². The van der Waals surface area contributed by atoms with Crippen LogP contribution in [0.3, 0.4) is 0 Å². The van der Waals surface area contributed by atoms with Crippen LogP contribution in [0.15, 0.2) is 22.1 Å². The molecule has 2 nitrogen and oxygen atoms in total. The summed E-state index contributed by atoms with van der Waals surface area (Å²) >= 11 is 9.15. The van der Waals surface area contributed by atoms with Gasteiger partial charge in [0.1, 0.15) is 11.4 Å². The average molecular weight is 220 g/mol. The van der Waals surface area contributed by atoms with Gasteiger partial charge in [0, 0.05) is 0 Å². The summed E-state index contributed by atoms with van der Waals surface area (Å²) in [5.41, 5.74) is 3.43. The van der Waals surface area contributed by atoms with Gasteiger partial charge >= 0.3 is 0 Å². The van der Waals surface area contributed by atoms with Crippen LogP contribution in [0.5, 0.6) is 0 Å². The van der Waals surface area contributed by atoms with Crippen molar-refractivity contribution in [1.29, 1.82) is 0 Å². The third-order valence-corrected chi connectivity index (χ3v) is 2.05. The monoisotopic (exact) mass is 220 g/mol. The van der Waals surface area contributed by atoms with E-state index in [0.717, 1.165) is 22.5 Å². The summed E-state index contributed by atoms with van der Waals surface area (Å²) < 4.78 is 0. The molecular weight excluding hydrogens is 212 g/mol. The van der Waals surface area contributed by atoms with E-state index in [1.54, 1.807) is 0 Å². The number of hydrogen-bond acceptors (Lipinski definition) is 4. The summed E-state index contributed by atoms with van der Waals surface area (Å²) in [6, 6.07) is 3.92. The van der Waals surface area contributed by atoms with Crippen molar-refractivity contribution < 1.29 is 0 Å². The van der Waals surface area contributed by atoms with Crippen molar-refractivity contribution in [2.24, 2.45) is 9.98 Å². The van der Waals surface area contributed by atoms with Crippen molar-refractivity contribution in [1.82, 2.24) is 0 Å². The summed E-state index contributed by atoms with van der Waals surface area (Å²) in [5.74, 6) is 0. The molecule has 0 aromatic heterocycles. The maximum atomic E-state index is 4.58. The van der Waals surface area contributed by atoms with E-state index in [-0.39, 0.29) is 0 Å². The number of isothiocyanates is 2. The van der Waals surface area contributed by atoms with Crippen molar-refractivity contribution >= 4 is 46.1 Å². The lowest BCUT2D eigenvalue weighted by atomic mass is 10.1. The van der Waals surface area contributed by atoms with Gasteiger partial charge in [-0.1, -0.05) is 12.1 Å². The lowest BCUT2D eigenvalue weighted by molar-refractivity contribution is 1.33. The van der Waals surface area contributed by atoms with Gasteiger partial charge in [0.25, 0.3) is 0 Å². The Labute approximate surface area is 93.4 Å². The molecule has 14 heavy (non-hydrogen) atoms. The lowest BCUT2D eigenvalue weighted by Gasteiger charge is -2.04. The van der Waals surface area contributed by atoms with Crippen LogP contribution in [0, 0.1) is 13.8 Å². The number of nitrogens with zero attached hydrogens (tertiary/aromatic N) is 2. The van der Waals surface area contributed by atoms with Gasteiger partial charge in [-0.25, -0.2) is 0 Å². The summed E-state index contributed by atoms with van der Waals surface area (Å²) in [4.78, 5) is 7.94. The van der Waals surface area contributed by atoms with Crippen molar-refractivity contribution in [2.45, 2.75) is 13.8 Å². The molecular formula is C10H8N2S2. The van der Waals surface area contributed by atoms with Crippen molar-refractivity contribution in [3.05, 3.63) is 23.3 Å². The van der Waals surface area contributed by atoms with Crippen molar-refractivity contribution in [3.63, 3.8) is 0 Å². The second kappa shape index (κ2) is 4.89. The minimum absolute atomic E-state index is 0.720. The van der Waals surface area contributed by atoms with Crippen LogP contribution < -0.4 is 0 Å². The Morgan fingerprint density at radius 2 is 1.29 bits per heavy atom. The molecule has 0 saturated carbocycles. The molecule has 0 heterocycles. The van der Waals surface area contributed by atoms with E-state index >= 15 is 0 Å². The molecule has 0 unspecified atom stereocenters. The first-order valence-electron chi connectivity index (χ1n) is 3.96. The number of hydrogen-bond donors (Lipinski definition) is 0. The fourth-order valence-corrected chi connectivity index (χ4v) is 1.34. The highest BCUT2D eigenvalue weighted by Crippen LogP contribution is 2.33. The average Bonchev–Trinajstić information content (AvgIpc) is 2.17. The first-order chi connectivity index (χ1) is 6.70. The van der Waals surface area contributed by atoms with Gasteiger partial charge in [-0.05, 0) is 49.4 Å². The molecule has 0 saturated heterocycles. The van der Waals surface area contributed by atoms with Gasteiger partial charge in [0.2, 0.25) is 0 Å². The molecule has 0 spiro atoms. The molecule has 0 atom stereocenters. The number of thiocarbonyl (C=S) groups is 2. The summed E-state index contributed by atoms with van der Waals surface area (Å²) in [6.07, 6.45) is 0. The second-order valence-electron chi connectivity index (χ2n) is 2.80. The number of aryl methyl sites for hydroxylation is 2. The quantitative estimate of drug-likeness (QED) is 0.560. The zero-order valence-corrected chi connectivity index (χ0v) is 9.50. The summed E-state index contributed by atoms with van der Waals surface area (Å²) in [5, 5.41) is 4.67. The van der Waals surface area contributed by atoms with Gasteiger partial charge in [0.15, 0.2) is 0 Å². The SMILES string of the molecule is Cc1ccc(C)c(N=C=S)c1N=C=S. The van der Waals surface area contributed by atoms with Crippen molar-refractivity contribution in [2.75, 3.05) is 0 Å². The minimum Gasteiger partial charge on any atom is -0.192 e. The van der Waals surface area contributed by atoms with E-state index in [1.165, 1.54) is 0 Å². The minimum atomic E-state index is 0.720. The number of aliphatic imine (C=N–C) groups is 2. The third-order valence-electron chi connectivity index (χ3n) is 1.87. The Bertz CT molecular complexity index is 410. The topological polar surface area (TPSA) is 24.7 Å². The molecule has 0 aliphatic heterocycles. The van der Waals surface area contributed by atoms with E-state index in [1.807, 2.05) is 26.0 Å². The van der Waals surface area contributed by atoms with Gasteiger partial charge in [0.05, 0.1) is 10.3 Å². The number of rotatable bonds is 2. The zero-order chi connectivity index (χ0) is 10.6. The molecule has 1 aromatic rings. The normalized spacial score (nSPS) is 8.71. The maximum absolute atomic E-state index is 4.58. The largest absolute Gasteiger partial charge is 0.192 e. The molecule has 0 N–H and O–H groups in total. The van der Waals surface area contributed by atoms with Crippen LogP contribution >= 0.6 is 24.4 Å². The molecule has 70 valence electrons. The van der Waals surface area contributed by atoms with Crippen LogP contribution in [0.2, 0.25) is 0 Å². The first-order valence-corrected chi connectivity index (χ1v) is 4.78. The highest BCUT2D eigenvalue weighted by Gasteiger charge is 2.06. The highest BCUT2D eigenvalue weighted by atomic mass is 32.1. The van der Waals surface area contributed by atoms with E-state index in [2.05, 4.69) is 44.7 Å². The Hall–Kier alpha value is -1.18. The Morgan fingerprint density at radius 1 is 0.929 bits per heavy atom. The van der Waals surface area contributed by atoms with E-state index in [0.29, 0.717) is 0 Å². The standard InChI is InChI=1S/C10H8N2S2/c1-7-3-4-8(2)10(12-6-14)9(7)11-5-13/h3-4H,1-2H3. The molecule has 0 aliphatic rings. The maximum Gasteiger partial charge on any atom is 0.104 e. The molecule has 0 radical (unpaired) electrons. The smallest absolute Gasteiger partial charge is 0.104 e.